The van der Waals surface area contributed by atoms with Gasteiger partial charge in [0.2, 0.25) is 6.79 Å². The molecular weight excluding hydrogens is 338 g/mol. The molecule has 0 aliphatic carbocycles. The third-order valence-corrected chi connectivity index (χ3v) is 4.72. The van der Waals surface area contributed by atoms with Gasteiger partial charge in [-0.1, -0.05) is 30.0 Å². The number of fused-ring (bicyclic) bond motifs is 1. The average Bonchev–Trinajstić information content (AvgIpc) is 3.06. The summed E-state index contributed by atoms with van der Waals surface area (Å²) in [6.07, 6.45) is 2.13. The van der Waals surface area contributed by atoms with E-state index >= 15 is 0 Å². The molecule has 1 aromatic rings. The maximum absolute atomic E-state index is 12.4. The smallest absolute Gasteiger partial charge is 0.303 e. The van der Waals surface area contributed by atoms with E-state index in [1.807, 2.05) is 6.07 Å². The number of carbonyl (C=O) groups excluding carboxylic acids is 1. The number of hydrogen-bond donors (Lipinski definition) is 1. The number of rotatable bonds is 5. The number of amides is 1. The van der Waals surface area contributed by atoms with Crippen LogP contribution in [0.2, 0.25) is 0 Å². The summed E-state index contributed by atoms with van der Waals surface area (Å²) < 4.78 is 11.0. The molecule has 120 valence electrons. The summed E-state index contributed by atoms with van der Waals surface area (Å²) in [6, 6.07) is 5.44. The van der Waals surface area contributed by atoms with Gasteiger partial charge in [0.05, 0.1) is 4.91 Å². The van der Waals surface area contributed by atoms with Gasteiger partial charge in [-0.25, -0.2) is 0 Å². The van der Waals surface area contributed by atoms with Crippen LogP contribution in [0.4, 0.5) is 0 Å². The Balaban J connectivity index is 1.72. The number of nitrogens with zero attached hydrogens (tertiary/aromatic N) is 1. The van der Waals surface area contributed by atoms with Gasteiger partial charge < -0.3 is 14.6 Å². The minimum Gasteiger partial charge on any atom is -0.481 e. The number of ether oxygens (including phenoxy) is 2. The first kappa shape index (κ1) is 15.8. The van der Waals surface area contributed by atoms with Crippen molar-refractivity contribution in [3.05, 3.63) is 28.7 Å². The molecule has 2 aliphatic rings. The second kappa shape index (κ2) is 6.59. The maximum atomic E-state index is 12.4. The first-order valence-corrected chi connectivity index (χ1v) is 8.14. The summed E-state index contributed by atoms with van der Waals surface area (Å²) in [7, 11) is 0. The minimum absolute atomic E-state index is 0.0122. The highest BCUT2D eigenvalue weighted by Crippen LogP contribution is 2.36. The molecule has 0 aromatic heterocycles. The lowest BCUT2D eigenvalue weighted by Crippen LogP contribution is -2.29. The number of aliphatic carboxylic acids is 1. The third kappa shape index (κ3) is 3.48. The van der Waals surface area contributed by atoms with E-state index in [0.717, 1.165) is 5.56 Å². The van der Waals surface area contributed by atoms with Gasteiger partial charge in [0.15, 0.2) is 11.5 Å². The number of thioether (sulfide) groups is 1. The lowest BCUT2D eigenvalue weighted by Gasteiger charge is -2.13. The Morgan fingerprint density at radius 1 is 1.39 bits per heavy atom. The van der Waals surface area contributed by atoms with Gasteiger partial charge in [-0.05, 0) is 30.2 Å². The Morgan fingerprint density at radius 2 is 2.17 bits per heavy atom. The van der Waals surface area contributed by atoms with Gasteiger partial charge in [-0.3, -0.25) is 14.5 Å². The molecule has 1 N–H and O–H groups in total. The van der Waals surface area contributed by atoms with Crippen LogP contribution < -0.4 is 9.47 Å². The molecule has 1 aromatic carbocycles. The Kier molecular flexibility index (Phi) is 4.53. The van der Waals surface area contributed by atoms with Crippen molar-refractivity contribution in [2.24, 2.45) is 0 Å². The summed E-state index contributed by atoms with van der Waals surface area (Å²) in [6.45, 7) is 0.514. The fraction of sp³-hybridized carbons (Fsp3) is 0.267. The van der Waals surface area contributed by atoms with Gasteiger partial charge >= 0.3 is 5.97 Å². The Hall–Kier alpha value is -2.06. The maximum Gasteiger partial charge on any atom is 0.303 e. The van der Waals surface area contributed by atoms with Crippen LogP contribution >= 0.6 is 24.0 Å². The van der Waals surface area contributed by atoms with Crippen LogP contribution in [-0.4, -0.2) is 39.5 Å². The van der Waals surface area contributed by atoms with Crippen molar-refractivity contribution in [1.82, 2.24) is 4.90 Å². The van der Waals surface area contributed by atoms with Crippen molar-refractivity contribution in [2.45, 2.75) is 12.8 Å². The van der Waals surface area contributed by atoms with E-state index in [1.54, 1.807) is 18.2 Å². The molecule has 3 rings (SSSR count). The van der Waals surface area contributed by atoms with E-state index in [0.29, 0.717) is 33.7 Å². The van der Waals surface area contributed by atoms with Crippen LogP contribution in [-0.2, 0) is 9.59 Å². The molecular formula is C15H13NO5S2. The molecule has 1 saturated heterocycles. The monoisotopic (exact) mass is 351 g/mol. The Labute approximate surface area is 142 Å². The summed E-state index contributed by atoms with van der Waals surface area (Å²) in [5.41, 5.74) is 0.820. The van der Waals surface area contributed by atoms with Crippen LogP contribution in [0.5, 0.6) is 11.5 Å². The highest BCUT2D eigenvalue weighted by atomic mass is 32.2. The van der Waals surface area contributed by atoms with Gasteiger partial charge in [-0.15, -0.1) is 0 Å². The number of carbonyl (C=O) groups is 2. The van der Waals surface area contributed by atoms with E-state index in [1.165, 1.54) is 16.7 Å². The van der Waals surface area contributed by atoms with Gasteiger partial charge in [0.1, 0.15) is 4.32 Å². The SMILES string of the molecule is O=C(O)CCCN1C(=O)/C(=C\c2ccc3c(c2)OCO3)SC1=S. The molecule has 2 aliphatic heterocycles. The first-order valence-electron chi connectivity index (χ1n) is 6.91. The molecule has 23 heavy (non-hydrogen) atoms. The van der Waals surface area contributed by atoms with Crippen LogP contribution in [0.3, 0.4) is 0 Å². The van der Waals surface area contributed by atoms with Crippen LogP contribution in [0.25, 0.3) is 6.08 Å². The summed E-state index contributed by atoms with van der Waals surface area (Å²) in [5.74, 6) is 0.258. The normalized spacial score (nSPS) is 18.1. The molecule has 8 heteroatoms. The van der Waals surface area contributed by atoms with Crippen LogP contribution in [0, 0.1) is 0 Å². The highest BCUT2D eigenvalue weighted by molar-refractivity contribution is 8.26. The molecule has 0 unspecified atom stereocenters. The van der Waals surface area contributed by atoms with Gasteiger partial charge in [0, 0.05) is 13.0 Å². The molecule has 0 bridgehead atoms. The summed E-state index contributed by atoms with van der Waals surface area (Å²) >= 11 is 6.42. The first-order chi connectivity index (χ1) is 11.0. The van der Waals surface area contributed by atoms with E-state index < -0.39 is 5.97 Å². The molecule has 1 amide bonds. The zero-order valence-corrected chi connectivity index (χ0v) is 13.6. The van der Waals surface area contributed by atoms with Crippen molar-refractivity contribution >= 4 is 46.3 Å². The molecule has 2 heterocycles. The van der Waals surface area contributed by atoms with Crippen molar-refractivity contribution in [3.63, 3.8) is 0 Å². The highest BCUT2D eigenvalue weighted by Gasteiger charge is 2.31. The van der Waals surface area contributed by atoms with Crippen molar-refractivity contribution in [2.75, 3.05) is 13.3 Å². The number of thiocarbonyl (C=S) groups is 1. The molecule has 0 atom stereocenters. The van der Waals surface area contributed by atoms with E-state index in [2.05, 4.69) is 0 Å². The number of carboxylic acids is 1. The Bertz CT molecular complexity index is 716. The fourth-order valence-electron chi connectivity index (χ4n) is 2.24. The van der Waals surface area contributed by atoms with Crippen LogP contribution in [0.1, 0.15) is 18.4 Å². The number of benzene rings is 1. The molecule has 0 spiro atoms. The number of hydrogen-bond acceptors (Lipinski definition) is 6. The molecule has 0 saturated carbocycles. The average molecular weight is 351 g/mol. The third-order valence-electron chi connectivity index (χ3n) is 3.34. The number of carboxylic acid groups (broad SMARTS) is 1. The van der Waals surface area contributed by atoms with Crippen molar-refractivity contribution in [3.8, 4) is 11.5 Å². The second-order valence-corrected chi connectivity index (χ2v) is 6.62. The van der Waals surface area contributed by atoms with E-state index in [4.69, 9.17) is 26.8 Å². The quantitative estimate of drug-likeness (QED) is 0.645. The lowest BCUT2D eigenvalue weighted by atomic mass is 10.2. The summed E-state index contributed by atoms with van der Waals surface area (Å²) in [5, 5.41) is 8.67. The Morgan fingerprint density at radius 3 is 2.96 bits per heavy atom. The van der Waals surface area contributed by atoms with Crippen LogP contribution in [0.15, 0.2) is 23.1 Å². The topological polar surface area (TPSA) is 76.1 Å². The molecule has 1 fully saturated rings. The van der Waals surface area contributed by atoms with Crippen molar-refractivity contribution in [1.29, 1.82) is 0 Å². The van der Waals surface area contributed by atoms with E-state index in [9.17, 15) is 9.59 Å². The largest absolute Gasteiger partial charge is 0.481 e. The van der Waals surface area contributed by atoms with E-state index in [-0.39, 0.29) is 19.1 Å². The summed E-state index contributed by atoms with van der Waals surface area (Å²) in [4.78, 5) is 24.9. The van der Waals surface area contributed by atoms with Gasteiger partial charge in [-0.2, -0.15) is 0 Å². The predicted molar refractivity (Wildman–Crippen MR) is 89.3 cm³/mol. The van der Waals surface area contributed by atoms with Gasteiger partial charge in [0.25, 0.3) is 5.91 Å². The zero-order chi connectivity index (χ0) is 16.4. The lowest BCUT2D eigenvalue weighted by molar-refractivity contribution is -0.137. The van der Waals surface area contributed by atoms with Crippen molar-refractivity contribution < 1.29 is 24.2 Å². The predicted octanol–water partition coefficient (Wildman–Crippen LogP) is 2.48. The minimum atomic E-state index is -0.883. The molecule has 6 nitrogen and oxygen atoms in total. The zero-order valence-electron chi connectivity index (χ0n) is 12.0. The standard InChI is InChI=1S/C15H13NO5S2/c17-13(18)2-1-5-16-14(19)12(23-15(16)22)7-9-3-4-10-11(6-9)21-8-20-10/h3-4,6-7H,1-2,5,8H2,(H,17,18)/b12-7+. The molecule has 0 radical (unpaired) electrons. The second-order valence-electron chi connectivity index (χ2n) is 4.94. The fourth-order valence-corrected chi connectivity index (χ4v) is 3.54.